The van der Waals surface area contributed by atoms with Crippen LogP contribution in [0.25, 0.3) is 3.58 Å². The van der Waals surface area contributed by atoms with Crippen LogP contribution in [0.2, 0.25) is 0 Å². The van der Waals surface area contributed by atoms with Gasteiger partial charge in [-0.05, 0) is 74.0 Å². The summed E-state index contributed by atoms with van der Waals surface area (Å²) in [6, 6.07) is 17.1. The number of allylic oxidation sites excluding steroid dienone is 1. The molecule has 0 amide bonds. The van der Waals surface area contributed by atoms with Crippen LogP contribution >= 0.6 is 45.2 Å². The van der Waals surface area contributed by atoms with Crippen molar-refractivity contribution < 1.29 is 4.74 Å². The van der Waals surface area contributed by atoms with Crippen molar-refractivity contribution in [2.24, 2.45) is 0 Å². The van der Waals surface area contributed by atoms with Crippen molar-refractivity contribution in [1.82, 2.24) is 0 Å². The third kappa shape index (κ3) is 2.31. The van der Waals surface area contributed by atoms with Crippen LogP contribution in [0.15, 0.2) is 52.1 Å². The number of hydrogen-bond donors (Lipinski definition) is 0. The zero-order chi connectivity index (χ0) is 13.4. The second kappa shape index (κ2) is 5.44. The second-order valence-electron chi connectivity index (χ2n) is 4.46. The lowest BCUT2D eigenvalue weighted by Crippen LogP contribution is -1.98. The topological polar surface area (TPSA) is 9.23 Å². The van der Waals surface area contributed by atoms with E-state index in [9.17, 15) is 0 Å². The number of halogens is 2. The smallest absolute Gasteiger partial charge is 0.118 e. The maximum Gasteiger partial charge on any atom is 0.118 e. The van der Waals surface area contributed by atoms with Gasteiger partial charge in [0, 0.05) is 13.1 Å². The van der Waals surface area contributed by atoms with Gasteiger partial charge >= 0.3 is 0 Å². The van der Waals surface area contributed by atoms with Crippen LogP contribution in [0, 0.1) is 0 Å². The maximum absolute atomic E-state index is 5.23. The normalized spacial score (nSPS) is 17.5. The standard InChI is InChI=1S/C16H12I2O/c1-19-11-8-6-10(7-9-11)14-12-4-2-3-5-13(12)15(17)16(14)18/h2-9,14H,1H3. The molecule has 2 aromatic carbocycles. The molecule has 0 N–H and O–H groups in total. The predicted molar refractivity (Wildman–Crippen MR) is 96.2 cm³/mol. The second-order valence-corrected chi connectivity index (χ2v) is 6.70. The molecule has 3 heteroatoms. The molecular formula is C16H12I2O. The largest absolute Gasteiger partial charge is 0.497 e. The molecule has 0 bridgehead atoms. The molecule has 0 saturated carbocycles. The van der Waals surface area contributed by atoms with Crippen molar-refractivity contribution in [3.63, 3.8) is 0 Å². The van der Waals surface area contributed by atoms with Gasteiger partial charge in [-0.3, -0.25) is 0 Å². The predicted octanol–water partition coefficient (Wildman–Crippen LogP) is 5.38. The number of rotatable bonds is 2. The first kappa shape index (κ1) is 13.4. The molecule has 0 heterocycles. The first-order chi connectivity index (χ1) is 9.22. The Bertz CT molecular complexity index is 644. The lowest BCUT2D eigenvalue weighted by Gasteiger charge is -2.14. The first-order valence-electron chi connectivity index (χ1n) is 6.01. The SMILES string of the molecule is COc1ccc(C2C(I)=C(I)c3ccccc32)cc1. The molecular weight excluding hydrogens is 462 g/mol. The van der Waals surface area contributed by atoms with E-state index in [1.165, 1.54) is 23.9 Å². The Morgan fingerprint density at radius 2 is 1.63 bits per heavy atom. The van der Waals surface area contributed by atoms with Crippen molar-refractivity contribution in [3.05, 3.63) is 68.8 Å². The number of methoxy groups -OCH3 is 1. The minimum atomic E-state index is 0.370. The number of benzene rings is 2. The fourth-order valence-electron chi connectivity index (χ4n) is 2.46. The van der Waals surface area contributed by atoms with E-state index in [1.54, 1.807) is 7.11 Å². The van der Waals surface area contributed by atoms with Crippen LogP contribution in [0.1, 0.15) is 22.6 Å². The number of fused-ring (bicyclic) bond motifs is 1. The van der Waals surface area contributed by atoms with Crippen LogP contribution in [-0.2, 0) is 0 Å². The molecule has 0 fully saturated rings. The highest BCUT2D eigenvalue weighted by Gasteiger charge is 2.29. The van der Waals surface area contributed by atoms with Crippen molar-refractivity contribution in [2.75, 3.05) is 7.11 Å². The van der Waals surface area contributed by atoms with Gasteiger partial charge < -0.3 is 4.74 Å². The van der Waals surface area contributed by atoms with Gasteiger partial charge in [-0.1, -0.05) is 36.4 Å². The van der Waals surface area contributed by atoms with Gasteiger partial charge in [0.1, 0.15) is 5.75 Å². The molecule has 1 unspecified atom stereocenters. The van der Waals surface area contributed by atoms with E-state index in [-0.39, 0.29) is 0 Å². The maximum atomic E-state index is 5.23. The Morgan fingerprint density at radius 1 is 0.947 bits per heavy atom. The summed E-state index contributed by atoms with van der Waals surface area (Å²) >= 11 is 4.93. The summed E-state index contributed by atoms with van der Waals surface area (Å²) in [5.41, 5.74) is 4.10. The number of ether oxygens (including phenoxy) is 1. The minimum absolute atomic E-state index is 0.370. The fraction of sp³-hybridized carbons (Fsp3) is 0.125. The van der Waals surface area contributed by atoms with Crippen molar-refractivity contribution >= 4 is 48.8 Å². The van der Waals surface area contributed by atoms with E-state index in [2.05, 4.69) is 81.6 Å². The zero-order valence-corrected chi connectivity index (χ0v) is 14.7. The average molecular weight is 474 g/mol. The van der Waals surface area contributed by atoms with Gasteiger partial charge in [-0.15, -0.1) is 0 Å². The van der Waals surface area contributed by atoms with E-state index in [0.29, 0.717) is 5.92 Å². The van der Waals surface area contributed by atoms with Crippen LogP contribution in [0.5, 0.6) is 5.75 Å². The summed E-state index contributed by atoms with van der Waals surface area (Å²) in [6.07, 6.45) is 0. The van der Waals surface area contributed by atoms with E-state index in [0.717, 1.165) is 5.75 Å². The lowest BCUT2D eigenvalue weighted by atomic mass is 9.93. The van der Waals surface area contributed by atoms with E-state index in [4.69, 9.17) is 4.74 Å². The van der Waals surface area contributed by atoms with Gasteiger partial charge in [0.05, 0.1) is 7.11 Å². The Morgan fingerprint density at radius 3 is 2.32 bits per heavy atom. The summed E-state index contributed by atoms with van der Waals surface area (Å²) in [5, 5.41) is 0. The molecule has 0 aliphatic heterocycles. The van der Waals surface area contributed by atoms with Crippen LogP contribution < -0.4 is 4.74 Å². The Kier molecular flexibility index (Phi) is 3.84. The van der Waals surface area contributed by atoms with Crippen LogP contribution in [-0.4, -0.2) is 7.11 Å². The molecule has 0 spiro atoms. The van der Waals surface area contributed by atoms with Gasteiger partial charge in [0.2, 0.25) is 0 Å². The summed E-state index contributed by atoms with van der Waals surface area (Å²) in [4.78, 5) is 0. The van der Waals surface area contributed by atoms with Crippen LogP contribution in [0.4, 0.5) is 0 Å². The molecule has 3 rings (SSSR count). The van der Waals surface area contributed by atoms with E-state index in [1.807, 2.05) is 12.1 Å². The van der Waals surface area contributed by atoms with Gasteiger partial charge in [0.15, 0.2) is 0 Å². The van der Waals surface area contributed by atoms with Crippen molar-refractivity contribution in [1.29, 1.82) is 0 Å². The van der Waals surface area contributed by atoms with Crippen molar-refractivity contribution in [2.45, 2.75) is 5.92 Å². The molecule has 96 valence electrons. The molecule has 0 aromatic heterocycles. The molecule has 0 radical (unpaired) electrons. The lowest BCUT2D eigenvalue weighted by molar-refractivity contribution is 0.414. The third-order valence-corrected chi connectivity index (χ3v) is 6.78. The highest BCUT2D eigenvalue weighted by atomic mass is 127. The fourth-order valence-corrected chi connectivity index (χ4v) is 4.25. The monoisotopic (exact) mass is 474 g/mol. The Balaban J connectivity index is 2.10. The summed E-state index contributed by atoms with van der Waals surface area (Å²) in [5.74, 6) is 1.28. The molecule has 19 heavy (non-hydrogen) atoms. The number of hydrogen-bond acceptors (Lipinski definition) is 1. The van der Waals surface area contributed by atoms with Gasteiger partial charge in [-0.25, -0.2) is 0 Å². The van der Waals surface area contributed by atoms with E-state index >= 15 is 0 Å². The molecule has 2 aromatic rings. The van der Waals surface area contributed by atoms with Crippen molar-refractivity contribution in [3.8, 4) is 5.75 Å². The zero-order valence-electron chi connectivity index (χ0n) is 10.4. The minimum Gasteiger partial charge on any atom is -0.497 e. The summed E-state index contributed by atoms with van der Waals surface area (Å²) < 4.78 is 8.01. The quantitative estimate of drug-likeness (QED) is 0.532. The molecule has 1 atom stereocenters. The molecule has 1 aliphatic carbocycles. The molecule has 0 saturated heterocycles. The van der Waals surface area contributed by atoms with E-state index < -0.39 is 0 Å². The Hall–Kier alpha value is -0.560. The first-order valence-corrected chi connectivity index (χ1v) is 8.16. The highest BCUT2D eigenvalue weighted by Crippen LogP contribution is 2.50. The highest BCUT2D eigenvalue weighted by molar-refractivity contribution is 14.1. The van der Waals surface area contributed by atoms with Gasteiger partial charge in [-0.2, -0.15) is 0 Å². The summed E-state index contributed by atoms with van der Waals surface area (Å²) in [7, 11) is 1.70. The average Bonchev–Trinajstić information content (AvgIpc) is 2.72. The third-order valence-electron chi connectivity index (χ3n) is 3.42. The molecule has 1 aliphatic rings. The summed E-state index contributed by atoms with van der Waals surface area (Å²) in [6.45, 7) is 0. The van der Waals surface area contributed by atoms with Crippen LogP contribution in [0.3, 0.4) is 0 Å². The Labute approximate surface area is 140 Å². The van der Waals surface area contributed by atoms with Gasteiger partial charge in [0.25, 0.3) is 0 Å². The molecule has 1 nitrogen and oxygen atoms in total.